The number of aromatic nitrogens is 2. The molecule has 0 spiro atoms. The second-order valence-corrected chi connectivity index (χ2v) is 6.73. The number of amides is 1. The van der Waals surface area contributed by atoms with E-state index in [2.05, 4.69) is 5.10 Å². The minimum Gasteiger partial charge on any atom is -0.374 e. The zero-order valence-corrected chi connectivity index (χ0v) is 13.6. The lowest BCUT2D eigenvalue weighted by Crippen LogP contribution is -2.38. The Kier molecular flexibility index (Phi) is 4.78. The van der Waals surface area contributed by atoms with Crippen molar-refractivity contribution in [2.75, 3.05) is 33.8 Å². The Labute approximate surface area is 132 Å². The number of hydrogen-bond acceptors (Lipinski definition) is 4. The molecular formula is C16H26N4O2. The molecule has 1 aromatic heterocycles. The Morgan fingerprint density at radius 1 is 1.41 bits per heavy atom. The van der Waals surface area contributed by atoms with Gasteiger partial charge in [0.15, 0.2) is 0 Å². The number of fused-ring (bicyclic) bond motifs is 1. The van der Waals surface area contributed by atoms with Crippen LogP contribution in [0.2, 0.25) is 0 Å². The first-order valence-corrected chi connectivity index (χ1v) is 8.16. The standard InChI is InChI=1S/C16H26N4O2/c1-18(2)8-6-16(21)19-9-14-5-7-17-20(14)11-15(10-19)22-12-13-3-4-13/h5,7,13,15H,3-4,6,8-12H2,1-2H3. The molecule has 1 aromatic rings. The Hall–Kier alpha value is -1.40. The van der Waals surface area contributed by atoms with Gasteiger partial charge in [-0.25, -0.2) is 0 Å². The van der Waals surface area contributed by atoms with Gasteiger partial charge in [-0.3, -0.25) is 9.48 Å². The molecule has 1 aliphatic carbocycles. The third-order valence-electron chi connectivity index (χ3n) is 4.35. The quantitative estimate of drug-likeness (QED) is 0.786. The van der Waals surface area contributed by atoms with Crippen LogP contribution in [0.5, 0.6) is 0 Å². The highest BCUT2D eigenvalue weighted by atomic mass is 16.5. The number of nitrogens with zero attached hydrogens (tertiary/aromatic N) is 4. The van der Waals surface area contributed by atoms with Crippen LogP contribution in [0.4, 0.5) is 0 Å². The van der Waals surface area contributed by atoms with E-state index in [4.69, 9.17) is 4.74 Å². The fourth-order valence-electron chi connectivity index (χ4n) is 2.74. The molecule has 22 heavy (non-hydrogen) atoms. The van der Waals surface area contributed by atoms with E-state index in [0.29, 0.717) is 19.5 Å². The van der Waals surface area contributed by atoms with E-state index in [1.165, 1.54) is 12.8 Å². The van der Waals surface area contributed by atoms with Crippen LogP contribution in [0.25, 0.3) is 0 Å². The number of carbonyl (C=O) groups is 1. The van der Waals surface area contributed by atoms with E-state index in [0.717, 1.165) is 31.3 Å². The summed E-state index contributed by atoms with van der Waals surface area (Å²) in [6.45, 7) is 3.65. The van der Waals surface area contributed by atoms with Crippen molar-refractivity contribution in [1.29, 1.82) is 0 Å². The first kappa shape index (κ1) is 15.5. The molecule has 1 amide bonds. The fourth-order valence-corrected chi connectivity index (χ4v) is 2.74. The van der Waals surface area contributed by atoms with Crippen molar-refractivity contribution in [2.24, 2.45) is 5.92 Å². The van der Waals surface area contributed by atoms with Gasteiger partial charge in [-0.05, 0) is 38.9 Å². The summed E-state index contributed by atoms with van der Waals surface area (Å²) < 4.78 is 8.04. The number of ether oxygens (including phenoxy) is 1. The van der Waals surface area contributed by atoms with Gasteiger partial charge in [-0.1, -0.05) is 0 Å². The predicted octanol–water partition coefficient (Wildman–Crippen LogP) is 0.972. The van der Waals surface area contributed by atoms with Crippen molar-refractivity contribution in [3.05, 3.63) is 18.0 Å². The van der Waals surface area contributed by atoms with Crippen LogP contribution in [-0.2, 0) is 22.6 Å². The molecule has 2 aliphatic rings. The average molecular weight is 306 g/mol. The van der Waals surface area contributed by atoms with Crippen LogP contribution >= 0.6 is 0 Å². The molecular weight excluding hydrogens is 280 g/mol. The largest absolute Gasteiger partial charge is 0.374 e. The molecule has 1 saturated carbocycles. The zero-order chi connectivity index (χ0) is 15.5. The summed E-state index contributed by atoms with van der Waals surface area (Å²) in [7, 11) is 3.98. The summed E-state index contributed by atoms with van der Waals surface area (Å²) in [6.07, 6.45) is 4.97. The monoisotopic (exact) mass is 306 g/mol. The van der Waals surface area contributed by atoms with E-state index in [1.807, 2.05) is 34.6 Å². The Morgan fingerprint density at radius 2 is 2.23 bits per heavy atom. The molecule has 0 saturated heterocycles. The van der Waals surface area contributed by atoms with Crippen LogP contribution < -0.4 is 0 Å². The first-order chi connectivity index (χ1) is 10.6. The highest BCUT2D eigenvalue weighted by molar-refractivity contribution is 5.76. The molecule has 1 fully saturated rings. The lowest BCUT2D eigenvalue weighted by molar-refractivity contribution is -0.134. The predicted molar refractivity (Wildman–Crippen MR) is 83.3 cm³/mol. The summed E-state index contributed by atoms with van der Waals surface area (Å²) in [6, 6.07) is 2.00. The van der Waals surface area contributed by atoms with Crippen LogP contribution in [0, 0.1) is 5.92 Å². The second kappa shape index (κ2) is 6.79. The lowest BCUT2D eigenvalue weighted by atomic mass is 10.2. The first-order valence-electron chi connectivity index (χ1n) is 8.16. The van der Waals surface area contributed by atoms with Gasteiger partial charge in [0.05, 0.1) is 24.9 Å². The van der Waals surface area contributed by atoms with E-state index in [1.54, 1.807) is 6.20 Å². The van der Waals surface area contributed by atoms with Crippen LogP contribution in [0.1, 0.15) is 25.0 Å². The summed E-state index contributed by atoms with van der Waals surface area (Å²) in [4.78, 5) is 16.5. The van der Waals surface area contributed by atoms with Gasteiger partial charge < -0.3 is 14.5 Å². The van der Waals surface area contributed by atoms with Crippen molar-refractivity contribution in [1.82, 2.24) is 19.6 Å². The van der Waals surface area contributed by atoms with Crippen LogP contribution in [-0.4, -0.2) is 65.4 Å². The van der Waals surface area contributed by atoms with Crippen molar-refractivity contribution >= 4 is 5.91 Å². The highest BCUT2D eigenvalue weighted by Gasteiger charge is 2.28. The van der Waals surface area contributed by atoms with E-state index in [9.17, 15) is 4.79 Å². The average Bonchev–Trinajstić information content (AvgIpc) is 3.25. The van der Waals surface area contributed by atoms with Crippen LogP contribution in [0.3, 0.4) is 0 Å². The summed E-state index contributed by atoms with van der Waals surface area (Å²) in [5, 5.41) is 4.37. The molecule has 6 heteroatoms. The van der Waals surface area contributed by atoms with E-state index in [-0.39, 0.29) is 12.0 Å². The maximum atomic E-state index is 12.5. The van der Waals surface area contributed by atoms with Crippen LogP contribution in [0.15, 0.2) is 12.3 Å². The molecule has 1 aliphatic heterocycles. The van der Waals surface area contributed by atoms with E-state index < -0.39 is 0 Å². The Morgan fingerprint density at radius 3 is 2.95 bits per heavy atom. The molecule has 122 valence electrons. The van der Waals surface area contributed by atoms with Gasteiger partial charge in [-0.15, -0.1) is 0 Å². The smallest absolute Gasteiger partial charge is 0.224 e. The fraction of sp³-hybridized carbons (Fsp3) is 0.750. The van der Waals surface area contributed by atoms with Gasteiger partial charge in [0.2, 0.25) is 5.91 Å². The molecule has 0 radical (unpaired) electrons. The molecule has 1 atom stereocenters. The summed E-state index contributed by atoms with van der Waals surface area (Å²) >= 11 is 0. The normalized spacial score (nSPS) is 21.8. The van der Waals surface area contributed by atoms with Crippen molar-refractivity contribution < 1.29 is 9.53 Å². The maximum absolute atomic E-state index is 12.5. The molecule has 6 nitrogen and oxygen atoms in total. The Balaban J connectivity index is 1.64. The van der Waals surface area contributed by atoms with Gasteiger partial charge in [0, 0.05) is 32.3 Å². The maximum Gasteiger partial charge on any atom is 0.224 e. The Bertz CT molecular complexity index is 510. The van der Waals surface area contributed by atoms with Gasteiger partial charge in [-0.2, -0.15) is 5.10 Å². The van der Waals surface area contributed by atoms with Crippen molar-refractivity contribution in [3.63, 3.8) is 0 Å². The number of rotatable bonds is 6. The summed E-state index contributed by atoms with van der Waals surface area (Å²) in [5.74, 6) is 0.932. The lowest BCUT2D eigenvalue weighted by Gasteiger charge is -2.25. The molecule has 1 unspecified atom stereocenters. The highest BCUT2D eigenvalue weighted by Crippen LogP contribution is 2.29. The molecule has 0 N–H and O–H groups in total. The van der Waals surface area contributed by atoms with Crippen molar-refractivity contribution in [3.8, 4) is 0 Å². The van der Waals surface area contributed by atoms with Crippen molar-refractivity contribution in [2.45, 2.75) is 38.5 Å². The third-order valence-corrected chi connectivity index (χ3v) is 4.35. The van der Waals surface area contributed by atoms with E-state index >= 15 is 0 Å². The zero-order valence-electron chi connectivity index (χ0n) is 13.6. The molecule has 0 aromatic carbocycles. The SMILES string of the molecule is CN(C)CCC(=O)N1Cc2ccnn2CC(OCC2CC2)C1. The third kappa shape index (κ3) is 4.08. The topological polar surface area (TPSA) is 50.6 Å². The molecule has 3 rings (SSSR count). The minimum atomic E-state index is 0.0463. The van der Waals surface area contributed by atoms with Gasteiger partial charge >= 0.3 is 0 Å². The van der Waals surface area contributed by atoms with Gasteiger partial charge in [0.1, 0.15) is 0 Å². The number of carbonyl (C=O) groups excluding carboxylic acids is 1. The number of hydrogen-bond donors (Lipinski definition) is 0. The molecule has 0 bridgehead atoms. The second-order valence-electron chi connectivity index (χ2n) is 6.73. The molecule has 2 heterocycles. The minimum absolute atomic E-state index is 0.0463. The summed E-state index contributed by atoms with van der Waals surface area (Å²) in [5.41, 5.74) is 1.09. The van der Waals surface area contributed by atoms with Gasteiger partial charge in [0.25, 0.3) is 0 Å².